The van der Waals surface area contributed by atoms with Crippen LogP contribution >= 0.6 is 23.7 Å². The van der Waals surface area contributed by atoms with Gasteiger partial charge in [0.15, 0.2) is 11.7 Å². The van der Waals surface area contributed by atoms with E-state index in [1.165, 1.54) is 5.56 Å². The van der Waals surface area contributed by atoms with Crippen molar-refractivity contribution in [1.29, 1.82) is 0 Å². The number of amides is 1. The molecular formula is C25H32ClN3O3S. The van der Waals surface area contributed by atoms with Gasteiger partial charge in [-0.1, -0.05) is 49.4 Å². The molecule has 0 N–H and O–H groups in total. The van der Waals surface area contributed by atoms with Gasteiger partial charge in [-0.15, -0.1) is 12.4 Å². The number of halogens is 1. The Morgan fingerprint density at radius 2 is 1.88 bits per heavy atom. The van der Waals surface area contributed by atoms with Crippen molar-refractivity contribution in [3.8, 4) is 5.75 Å². The number of thiazole rings is 1. The highest BCUT2D eigenvalue weighted by Crippen LogP contribution is 2.29. The van der Waals surface area contributed by atoms with Crippen LogP contribution in [0.3, 0.4) is 0 Å². The normalized spacial score (nSPS) is 14.3. The van der Waals surface area contributed by atoms with Crippen LogP contribution in [0.1, 0.15) is 31.7 Å². The van der Waals surface area contributed by atoms with E-state index in [1.807, 2.05) is 36.4 Å². The lowest BCUT2D eigenvalue weighted by molar-refractivity contribution is -0.120. The van der Waals surface area contributed by atoms with E-state index in [0.717, 1.165) is 54.6 Å². The minimum absolute atomic E-state index is 0. The first kappa shape index (κ1) is 25.4. The molecule has 1 aliphatic rings. The first-order valence-electron chi connectivity index (χ1n) is 11.3. The number of benzene rings is 2. The molecule has 1 amide bonds. The average Bonchev–Trinajstić information content (AvgIpc) is 3.25. The zero-order valence-corrected chi connectivity index (χ0v) is 20.9. The monoisotopic (exact) mass is 489 g/mol. The predicted octanol–water partition coefficient (Wildman–Crippen LogP) is 4.98. The molecule has 0 aliphatic carbocycles. The van der Waals surface area contributed by atoms with Crippen molar-refractivity contribution in [1.82, 2.24) is 9.88 Å². The Kier molecular flexibility index (Phi) is 9.50. The summed E-state index contributed by atoms with van der Waals surface area (Å²) in [5.41, 5.74) is 2.17. The molecule has 178 valence electrons. The van der Waals surface area contributed by atoms with Crippen molar-refractivity contribution in [2.75, 3.05) is 50.9 Å². The van der Waals surface area contributed by atoms with E-state index < -0.39 is 0 Å². The van der Waals surface area contributed by atoms with E-state index in [-0.39, 0.29) is 24.9 Å². The highest BCUT2D eigenvalue weighted by molar-refractivity contribution is 7.22. The third kappa shape index (κ3) is 6.90. The number of ether oxygens (including phenoxy) is 2. The molecule has 3 aromatic rings. The third-order valence-corrected chi connectivity index (χ3v) is 6.74. The lowest BCUT2D eigenvalue weighted by Crippen LogP contribution is -2.40. The Balaban J connectivity index is 0.00000306. The summed E-state index contributed by atoms with van der Waals surface area (Å²) >= 11 is 1.55. The molecule has 1 fully saturated rings. The summed E-state index contributed by atoms with van der Waals surface area (Å²) in [5.74, 6) is 1.10. The smallest absolute Gasteiger partial charge is 0.266 e. The molecule has 33 heavy (non-hydrogen) atoms. The fourth-order valence-electron chi connectivity index (χ4n) is 3.75. The van der Waals surface area contributed by atoms with E-state index in [2.05, 4.69) is 30.9 Å². The minimum atomic E-state index is -0.0704. The molecule has 0 bridgehead atoms. The van der Waals surface area contributed by atoms with Gasteiger partial charge in [0.2, 0.25) is 0 Å². The molecular weight excluding hydrogens is 458 g/mol. The molecule has 1 aliphatic heterocycles. The number of morpholine rings is 1. The van der Waals surface area contributed by atoms with E-state index in [0.29, 0.717) is 18.2 Å². The zero-order valence-electron chi connectivity index (χ0n) is 19.2. The summed E-state index contributed by atoms with van der Waals surface area (Å²) in [6, 6.07) is 16.0. The van der Waals surface area contributed by atoms with Crippen LogP contribution in [0, 0.1) is 0 Å². The van der Waals surface area contributed by atoms with E-state index in [4.69, 9.17) is 14.5 Å². The second-order valence-corrected chi connectivity index (χ2v) is 9.34. The van der Waals surface area contributed by atoms with Crippen LogP contribution in [-0.4, -0.2) is 61.8 Å². The van der Waals surface area contributed by atoms with Crippen molar-refractivity contribution in [3.63, 3.8) is 0 Å². The van der Waals surface area contributed by atoms with Crippen molar-refractivity contribution < 1.29 is 14.3 Å². The van der Waals surface area contributed by atoms with E-state index in [9.17, 15) is 4.79 Å². The second-order valence-electron chi connectivity index (χ2n) is 8.33. The molecule has 8 heteroatoms. The highest BCUT2D eigenvalue weighted by atomic mass is 35.5. The standard InChI is InChI=1S/C25H31N3O3S.ClH/c1-19(2)20-8-10-21(11-9-20)31-18-24(29)28(13-5-12-27-14-16-30-17-15-27)25-26-22-6-3-4-7-23(22)32-25;/h3-4,6-11,19H,5,12-18H2,1-2H3;1H. The number of para-hydroxylation sites is 1. The summed E-state index contributed by atoms with van der Waals surface area (Å²) in [6.07, 6.45) is 0.880. The number of aromatic nitrogens is 1. The molecule has 2 heterocycles. The molecule has 1 aromatic heterocycles. The molecule has 1 saturated heterocycles. The summed E-state index contributed by atoms with van der Waals surface area (Å²) < 4.78 is 12.3. The molecule has 6 nitrogen and oxygen atoms in total. The number of hydrogen-bond donors (Lipinski definition) is 0. The van der Waals surface area contributed by atoms with Crippen LogP contribution in [0.15, 0.2) is 48.5 Å². The lowest BCUT2D eigenvalue weighted by Gasteiger charge is -2.27. The first-order valence-corrected chi connectivity index (χ1v) is 12.1. The fourth-order valence-corrected chi connectivity index (χ4v) is 4.76. The Labute approximate surface area is 205 Å². The molecule has 0 unspecified atom stereocenters. The maximum atomic E-state index is 13.2. The topological polar surface area (TPSA) is 54.9 Å². The fraction of sp³-hybridized carbons (Fsp3) is 0.440. The number of rotatable bonds is 9. The molecule has 0 spiro atoms. The number of hydrogen-bond acceptors (Lipinski definition) is 6. The van der Waals surface area contributed by atoms with Crippen molar-refractivity contribution >= 4 is 45.0 Å². The van der Waals surface area contributed by atoms with Crippen molar-refractivity contribution in [2.45, 2.75) is 26.2 Å². The lowest BCUT2D eigenvalue weighted by atomic mass is 10.0. The maximum Gasteiger partial charge on any atom is 0.266 e. The zero-order chi connectivity index (χ0) is 22.3. The van der Waals surface area contributed by atoms with Gasteiger partial charge in [0.25, 0.3) is 5.91 Å². The molecule has 0 radical (unpaired) electrons. The largest absolute Gasteiger partial charge is 0.484 e. The third-order valence-electron chi connectivity index (χ3n) is 5.68. The Morgan fingerprint density at radius 1 is 1.15 bits per heavy atom. The second kappa shape index (κ2) is 12.3. The van der Waals surface area contributed by atoms with Gasteiger partial charge in [0.05, 0.1) is 23.4 Å². The molecule has 4 rings (SSSR count). The molecule has 0 atom stereocenters. The van der Waals surface area contributed by atoms with Gasteiger partial charge in [-0.2, -0.15) is 0 Å². The average molecular weight is 490 g/mol. The van der Waals surface area contributed by atoms with Crippen LogP contribution in [0.4, 0.5) is 5.13 Å². The minimum Gasteiger partial charge on any atom is -0.484 e. The van der Waals surface area contributed by atoms with Gasteiger partial charge in [-0.05, 0) is 42.2 Å². The number of fused-ring (bicyclic) bond motifs is 1. The molecule has 0 saturated carbocycles. The SMILES string of the molecule is CC(C)c1ccc(OCC(=O)N(CCCN2CCOCC2)c2nc3ccccc3s2)cc1.Cl. The maximum absolute atomic E-state index is 13.2. The Morgan fingerprint density at radius 3 is 2.58 bits per heavy atom. The Bertz CT molecular complexity index is 986. The van der Waals surface area contributed by atoms with Gasteiger partial charge in [-0.3, -0.25) is 14.6 Å². The van der Waals surface area contributed by atoms with Gasteiger partial charge in [0.1, 0.15) is 5.75 Å². The summed E-state index contributed by atoms with van der Waals surface area (Å²) in [6.45, 7) is 9.33. The number of anilines is 1. The van der Waals surface area contributed by atoms with Crippen LogP contribution in [-0.2, 0) is 9.53 Å². The number of carbonyl (C=O) groups is 1. The van der Waals surface area contributed by atoms with Crippen LogP contribution in [0.2, 0.25) is 0 Å². The number of carbonyl (C=O) groups excluding carboxylic acids is 1. The summed E-state index contributed by atoms with van der Waals surface area (Å²) in [7, 11) is 0. The van der Waals surface area contributed by atoms with Crippen molar-refractivity contribution in [2.24, 2.45) is 0 Å². The van der Waals surface area contributed by atoms with Crippen molar-refractivity contribution in [3.05, 3.63) is 54.1 Å². The molecule has 2 aromatic carbocycles. The van der Waals surface area contributed by atoms with Gasteiger partial charge < -0.3 is 9.47 Å². The summed E-state index contributed by atoms with van der Waals surface area (Å²) in [4.78, 5) is 22.1. The number of nitrogens with zero attached hydrogens (tertiary/aromatic N) is 3. The quantitative estimate of drug-likeness (QED) is 0.424. The van der Waals surface area contributed by atoms with E-state index in [1.54, 1.807) is 16.2 Å². The van der Waals surface area contributed by atoms with Gasteiger partial charge in [-0.25, -0.2) is 4.98 Å². The van der Waals surface area contributed by atoms with Gasteiger partial charge in [0, 0.05) is 26.2 Å². The first-order chi connectivity index (χ1) is 15.6. The van der Waals surface area contributed by atoms with Crippen LogP contribution < -0.4 is 9.64 Å². The van der Waals surface area contributed by atoms with E-state index >= 15 is 0 Å². The van der Waals surface area contributed by atoms with Crippen LogP contribution in [0.5, 0.6) is 5.75 Å². The highest BCUT2D eigenvalue weighted by Gasteiger charge is 2.21. The van der Waals surface area contributed by atoms with Gasteiger partial charge >= 0.3 is 0 Å². The predicted molar refractivity (Wildman–Crippen MR) is 137 cm³/mol. The Hall–Kier alpha value is -2.19. The van der Waals surface area contributed by atoms with Crippen LogP contribution in [0.25, 0.3) is 10.2 Å². The summed E-state index contributed by atoms with van der Waals surface area (Å²) in [5, 5.41) is 0.733.